The van der Waals surface area contributed by atoms with Crippen LogP contribution in [0.2, 0.25) is 0 Å². The van der Waals surface area contributed by atoms with Crippen LogP contribution in [0.3, 0.4) is 0 Å². The summed E-state index contributed by atoms with van der Waals surface area (Å²) < 4.78 is 9.10. The van der Waals surface area contributed by atoms with Gasteiger partial charge in [-0.05, 0) is 6.92 Å². The van der Waals surface area contributed by atoms with Crippen molar-refractivity contribution in [2.24, 2.45) is 11.7 Å². The van der Waals surface area contributed by atoms with E-state index in [0.717, 1.165) is 0 Å². The smallest absolute Gasteiger partial charge is 0.325 e. The average molecular weight is 189 g/mol. The maximum Gasteiger partial charge on any atom is 0.325 e. The zero-order chi connectivity index (χ0) is 10.4. The Hall–Kier alpha value is -1.10. The third kappa shape index (κ3) is 5.19. The lowest BCUT2D eigenvalue weighted by Gasteiger charge is -2.08. The molecule has 0 aromatic heterocycles. The normalized spacial score (nSPS) is 12.4. The van der Waals surface area contributed by atoms with E-state index < -0.39 is 18.0 Å². The first-order chi connectivity index (χ1) is 5.95. The minimum absolute atomic E-state index is 0.228. The van der Waals surface area contributed by atoms with Crippen LogP contribution in [-0.4, -0.2) is 24.8 Å². The highest BCUT2D eigenvalue weighted by Gasteiger charge is 2.11. The van der Waals surface area contributed by atoms with E-state index in [1.54, 1.807) is 13.8 Å². The number of carbonyl (C=O) groups is 2. The molecule has 0 rings (SSSR count). The van der Waals surface area contributed by atoms with E-state index in [4.69, 9.17) is 5.73 Å². The van der Waals surface area contributed by atoms with Crippen LogP contribution in [0.4, 0.5) is 0 Å². The average Bonchev–Trinajstić information content (AvgIpc) is 2.03. The lowest BCUT2D eigenvalue weighted by Crippen LogP contribution is -2.30. The first-order valence-corrected chi connectivity index (χ1v) is 4.04. The fourth-order valence-electron chi connectivity index (χ4n) is 0.444. The van der Waals surface area contributed by atoms with Crippen molar-refractivity contribution in [2.75, 3.05) is 6.79 Å². The van der Waals surface area contributed by atoms with Gasteiger partial charge < -0.3 is 15.2 Å². The highest BCUT2D eigenvalue weighted by molar-refractivity contribution is 5.75. The van der Waals surface area contributed by atoms with Crippen LogP contribution in [0.1, 0.15) is 20.8 Å². The largest absolute Gasteiger partial charge is 0.428 e. The Morgan fingerprint density at radius 2 is 1.62 bits per heavy atom. The van der Waals surface area contributed by atoms with Gasteiger partial charge in [-0.2, -0.15) is 0 Å². The number of esters is 2. The van der Waals surface area contributed by atoms with Crippen molar-refractivity contribution >= 4 is 11.9 Å². The summed E-state index contributed by atoms with van der Waals surface area (Å²) in [5.41, 5.74) is 5.20. The fraction of sp³-hybridized carbons (Fsp3) is 0.750. The summed E-state index contributed by atoms with van der Waals surface area (Å²) in [6.07, 6.45) is 0. The predicted molar refractivity (Wildman–Crippen MR) is 45.5 cm³/mol. The summed E-state index contributed by atoms with van der Waals surface area (Å²) in [6, 6.07) is -0.697. The third-order valence-electron chi connectivity index (χ3n) is 1.25. The highest BCUT2D eigenvalue weighted by atomic mass is 16.7. The molecule has 0 fully saturated rings. The standard InChI is InChI=1S/C8H15NO4/c1-5(2)7(10)12-4-13-8(11)6(3)9/h5-6H,4,9H2,1-3H3/t6-/m0/s1. The first-order valence-electron chi connectivity index (χ1n) is 4.04. The SMILES string of the molecule is CC(C)C(=O)OCOC(=O)[C@H](C)N. The van der Waals surface area contributed by atoms with E-state index >= 15 is 0 Å². The Kier molecular flexibility index (Phi) is 5.06. The second-order valence-corrected chi connectivity index (χ2v) is 2.99. The summed E-state index contributed by atoms with van der Waals surface area (Å²) in [5, 5.41) is 0. The van der Waals surface area contributed by atoms with E-state index in [0.29, 0.717) is 0 Å². The number of ether oxygens (including phenoxy) is 2. The van der Waals surface area contributed by atoms with Crippen molar-refractivity contribution in [3.8, 4) is 0 Å². The third-order valence-corrected chi connectivity index (χ3v) is 1.25. The van der Waals surface area contributed by atoms with E-state index in [-0.39, 0.29) is 12.7 Å². The van der Waals surface area contributed by atoms with Gasteiger partial charge in [-0.3, -0.25) is 9.59 Å². The highest BCUT2D eigenvalue weighted by Crippen LogP contribution is 1.96. The minimum atomic E-state index is -0.697. The molecule has 0 amide bonds. The zero-order valence-corrected chi connectivity index (χ0v) is 8.07. The number of carbonyl (C=O) groups excluding carboxylic acids is 2. The molecule has 5 nitrogen and oxygen atoms in total. The molecule has 0 saturated heterocycles. The molecule has 5 heteroatoms. The van der Waals surface area contributed by atoms with Crippen molar-refractivity contribution in [1.29, 1.82) is 0 Å². The predicted octanol–water partition coefficient (Wildman–Crippen LogP) is 0.0335. The van der Waals surface area contributed by atoms with Crippen molar-refractivity contribution in [2.45, 2.75) is 26.8 Å². The van der Waals surface area contributed by atoms with Crippen molar-refractivity contribution in [1.82, 2.24) is 0 Å². The molecule has 0 spiro atoms. The molecule has 0 radical (unpaired) electrons. The molecule has 0 bridgehead atoms. The molecule has 0 aliphatic heterocycles. The van der Waals surface area contributed by atoms with Gasteiger partial charge in [0.05, 0.1) is 5.92 Å². The summed E-state index contributed by atoms with van der Waals surface area (Å²) in [5.74, 6) is -1.22. The second-order valence-electron chi connectivity index (χ2n) is 2.99. The van der Waals surface area contributed by atoms with Gasteiger partial charge in [0, 0.05) is 0 Å². The molecular formula is C8H15NO4. The van der Waals surface area contributed by atoms with Crippen LogP contribution >= 0.6 is 0 Å². The van der Waals surface area contributed by atoms with Crippen LogP contribution in [0.5, 0.6) is 0 Å². The maximum atomic E-state index is 10.8. The molecule has 0 aromatic carbocycles. The van der Waals surface area contributed by atoms with Crippen LogP contribution in [-0.2, 0) is 19.1 Å². The second kappa shape index (κ2) is 5.53. The Balaban J connectivity index is 3.57. The molecule has 0 heterocycles. The number of hydrogen-bond donors (Lipinski definition) is 1. The fourth-order valence-corrected chi connectivity index (χ4v) is 0.444. The van der Waals surface area contributed by atoms with Crippen LogP contribution in [0.15, 0.2) is 0 Å². The molecule has 0 aliphatic carbocycles. The molecule has 2 N–H and O–H groups in total. The van der Waals surface area contributed by atoms with Gasteiger partial charge in [0.25, 0.3) is 0 Å². The monoisotopic (exact) mass is 189 g/mol. The summed E-state index contributed by atoms with van der Waals surface area (Å²) in [6.45, 7) is 4.51. The topological polar surface area (TPSA) is 78.6 Å². The zero-order valence-electron chi connectivity index (χ0n) is 8.07. The van der Waals surface area contributed by atoms with Gasteiger partial charge in [0.1, 0.15) is 6.04 Å². The lowest BCUT2D eigenvalue weighted by atomic mass is 10.2. The van der Waals surface area contributed by atoms with Gasteiger partial charge >= 0.3 is 11.9 Å². The van der Waals surface area contributed by atoms with Crippen LogP contribution in [0.25, 0.3) is 0 Å². The molecule has 0 unspecified atom stereocenters. The quantitative estimate of drug-likeness (QED) is 0.498. The van der Waals surface area contributed by atoms with Crippen LogP contribution in [0, 0.1) is 5.92 Å². The molecular weight excluding hydrogens is 174 g/mol. The summed E-state index contributed by atoms with van der Waals surface area (Å²) >= 11 is 0. The maximum absolute atomic E-state index is 10.8. The van der Waals surface area contributed by atoms with E-state index in [9.17, 15) is 9.59 Å². The van der Waals surface area contributed by atoms with Gasteiger partial charge in [-0.25, -0.2) is 0 Å². The van der Waals surface area contributed by atoms with Crippen molar-refractivity contribution in [3.05, 3.63) is 0 Å². The molecule has 0 aliphatic rings. The first kappa shape index (κ1) is 11.9. The molecule has 76 valence electrons. The lowest BCUT2D eigenvalue weighted by molar-refractivity contribution is -0.170. The number of nitrogens with two attached hydrogens (primary N) is 1. The van der Waals surface area contributed by atoms with Crippen LogP contribution < -0.4 is 5.73 Å². The Labute approximate surface area is 77.2 Å². The Bertz CT molecular complexity index is 169. The number of hydrogen-bond acceptors (Lipinski definition) is 5. The molecule has 0 aromatic rings. The summed E-state index contributed by atoms with van der Waals surface area (Å²) in [7, 11) is 0. The minimum Gasteiger partial charge on any atom is -0.428 e. The molecule has 13 heavy (non-hydrogen) atoms. The van der Waals surface area contributed by atoms with E-state index in [2.05, 4.69) is 9.47 Å². The van der Waals surface area contributed by atoms with Gasteiger partial charge in [0.2, 0.25) is 6.79 Å². The van der Waals surface area contributed by atoms with Gasteiger partial charge in [0.15, 0.2) is 0 Å². The Morgan fingerprint density at radius 1 is 1.15 bits per heavy atom. The molecule has 0 saturated carbocycles. The summed E-state index contributed by atoms with van der Waals surface area (Å²) in [4.78, 5) is 21.6. The van der Waals surface area contributed by atoms with Crippen molar-refractivity contribution in [3.63, 3.8) is 0 Å². The number of rotatable bonds is 4. The van der Waals surface area contributed by atoms with Crippen molar-refractivity contribution < 1.29 is 19.1 Å². The van der Waals surface area contributed by atoms with E-state index in [1.165, 1.54) is 6.92 Å². The van der Waals surface area contributed by atoms with Gasteiger partial charge in [-0.15, -0.1) is 0 Å². The molecule has 1 atom stereocenters. The van der Waals surface area contributed by atoms with E-state index in [1.807, 2.05) is 0 Å². The Morgan fingerprint density at radius 3 is 2.00 bits per heavy atom. The van der Waals surface area contributed by atoms with Gasteiger partial charge in [-0.1, -0.05) is 13.8 Å².